The number of halogens is 6. The van der Waals surface area contributed by atoms with Crippen LogP contribution in [0.15, 0.2) is 30.6 Å². The highest BCUT2D eigenvalue weighted by molar-refractivity contribution is 6.30. The molecule has 0 saturated heterocycles. The highest BCUT2D eigenvalue weighted by Crippen LogP contribution is 2.29. The molecule has 3 rings (SSSR count). The lowest BCUT2D eigenvalue weighted by atomic mass is 10.2. The van der Waals surface area contributed by atoms with E-state index in [-0.39, 0.29) is 22.1 Å². The molecule has 0 aliphatic heterocycles. The zero-order valence-corrected chi connectivity index (χ0v) is 12.9. The zero-order valence-electron chi connectivity index (χ0n) is 12.1. The van der Waals surface area contributed by atoms with Crippen LogP contribution in [0, 0.1) is 11.8 Å². The average Bonchev–Trinajstić information content (AvgIpc) is 2.95. The number of nitrogens with zero attached hydrogens (tertiary/aromatic N) is 5. The molecular weight excluding hydrogens is 369 g/mol. The predicted octanol–water partition coefficient (Wildman–Crippen LogP) is 3.73. The van der Waals surface area contributed by atoms with Gasteiger partial charge in [-0.15, -0.1) is 5.10 Å². The van der Waals surface area contributed by atoms with Gasteiger partial charge in [0.2, 0.25) is 5.95 Å². The van der Waals surface area contributed by atoms with E-state index in [9.17, 15) is 22.0 Å². The molecule has 3 aromatic rings. The van der Waals surface area contributed by atoms with Gasteiger partial charge in [-0.2, -0.15) is 17.6 Å². The molecule has 5 nitrogen and oxygen atoms in total. The van der Waals surface area contributed by atoms with Gasteiger partial charge >= 0.3 is 6.18 Å². The van der Waals surface area contributed by atoms with Crippen molar-refractivity contribution < 1.29 is 22.0 Å². The first-order chi connectivity index (χ1) is 11.7. The molecule has 11 heteroatoms. The van der Waals surface area contributed by atoms with E-state index < -0.39 is 30.3 Å². The minimum Gasteiger partial charge on any atom is -0.255 e. The molecular formula is C14H7ClF5N5. The Morgan fingerprint density at radius 1 is 1.08 bits per heavy atom. The van der Waals surface area contributed by atoms with Crippen molar-refractivity contribution in [1.82, 2.24) is 24.7 Å². The largest absolute Gasteiger partial charge is 0.453 e. The van der Waals surface area contributed by atoms with Crippen molar-refractivity contribution in [2.45, 2.75) is 12.7 Å². The molecule has 3 aromatic heterocycles. The molecule has 0 fully saturated rings. The molecule has 0 aromatic carbocycles. The topological polar surface area (TPSA) is 56.5 Å². The Labute approximate surface area is 142 Å². The first-order valence-corrected chi connectivity index (χ1v) is 7.06. The summed E-state index contributed by atoms with van der Waals surface area (Å²) in [7, 11) is 0. The molecule has 0 unspecified atom stereocenters. The SMILES string of the molecule is Fc1ccc(-c2nc(C(F)(F)F)nn2Cc2ncc(Cl)cc2F)cn1. The van der Waals surface area contributed by atoms with Crippen LogP contribution in [0.5, 0.6) is 0 Å². The molecule has 0 radical (unpaired) electrons. The summed E-state index contributed by atoms with van der Waals surface area (Å²) in [5.74, 6) is -3.28. The quantitative estimate of drug-likeness (QED) is 0.517. The third-order valence-corrected chi connectivity index (χ3v) is 3.30. The van der Waals surface area contributed by atoms with E-state index in [1.165, 1.54) is 6.07 Å². The molecule has 0 saturated carbocycles. The van der Waals surface area contributed by atoms with Crippen LogP contribution in [0.1, 0.15) is 11.5 Å². The minimum absolute atomic E-state index is 0.0405. The van der Waals surface area contributed by atoms with Crippen LogP contribution in [-0.2, 0) is 12.7 Å². The van der Waals surface area contributed by atoms with Crippen LogP contribution in [0.4, 0.5) is 22.0 Å². The van der Waals surface area contributed by atoms with Gasteiger partial charge in [0.15, 0.2) is 5.82 Å². The Bertz CT molecular complexity index is 907. The molecule has 25 heavy (non-hydrogen) atoms. The van der Waals surface area contributed by atoms with Crippen LogP contribution in [-0.4, -0.2) is 24.7 Å². The second-order valence-corrected chi connectivity index (χ2v) is 5.30. The van der Waals surface area contributed by atoms with Crippen LogP contribution >= 0.6 is 11.6 Å². The summed E-state index contributed by atoms with van der Waals surface area (Å²) in [5.41, 5.74) is -0.0990. The fourth-order valence-electron chi connectivity index (χ4n) is 2.00. The van der Waals surface area contributed by atoms with Crippen LogP contribution in [0.25, 0.3) is 11.4 Å². The number of hydrogen-bond donors (Lipinski definition) is 0. The van der Waals surface area contributed by atoms with E-state index in [4.69, 9.17) is 11.6 Å². The van der Waals surface area contributed by atoms with Crippen molar-refractivity contribution in [1.29, 1.82) is 0 Å². The molecule has 0 amide bonds. The Morgan fingerprint density at radius 3 is 2.44 bits per heavy atom. The Kier molecular flexibility index (Phi) is 4.38. The number of rotatable bonds is 3. The van der Waals surface area contributed by atoms with Crippen LogP contribution in [0.2, 0.25) is 5.02 Å². The smallest absolute Gasteiger partial charge is 0.255 e. The van der Waals surface area contributed by atoms with Gasteiger partial charge in [0, 0.05) is 18.0 Å². The lowest BCUT2D eigenvalue weighted by Gasteiger charge is -2.06. The van der Waals surface area contributed by atoms with Crippen LogP contribution < -0.4 is 0 Å². The Morgan fingerprint density at radius 2 is 1.84 bits per heavy atom. The number of pyridine rings is 2. The maximum absolute atomic E-state index is 13.9. The van der Waals surface area contributed by atoms with E-state index >= 15 is 0 Å². The fourth-order valence-corrected chi connectivity index (χ4v) is 2.14. The molecule has 0 bridgehead atoms. The number of alkyl halides is 3. The summed E-state index contributed by atoms with van der Waals surface area (Å²) < 4.78 is 66.3. The Hall–Kier alpha value is -2.62. The van der Waals surface area contributed by atoms with E-state index in [1.807, 2.05) is 0 Å². The van der Waals surface area contributed by atoms with Crippen molar-refractivity contribution >= 4 is 11.6 Å². The number of hydrogen-bond acceptors (Lipinski definition) is 4. The van der Waals surface area contributed by atoms with E-state index in [0.29, 0.717) is 0 Å². The Balaban J connectivity index is 2.07. The normalized spacial score (nSPS) is 11.8. The standard InChI is InChI=1S/C14H7ClF5N5/c15-8-3-9(16)10(21-5-8)6-25-12(7-1-2-11(17)22-4-7)23-13(24-25)14(18,19)20/h1-5H,6H2. The van der Waals surface area contributed by atoms with E-state index in [0.717, 1.165) is 29.2 Å². The van der Waals surface area contributed by atoms with Gasteiger partial charge in [-0.25, -0.2) is 19.0 Å². The fraction of sp³-hybridized carbons (Fsp3) is 0.143. The van der Waals surface area contributed by atoms with Gasteiger partial charge in [-0.05, 0) is 18.2 Å². The summed E-state index contributed by atoms with van der Waals surface area (Å²) in [6.07, 6.45) is -2.65. The van der Waals surface area contributed by atoms with Crippen molar-refractivity contribution in [3.8, 4) is 11.4 Å². The summed E-state index contributed by atoms with van der Waals surface area (Å²) in [6, 6.07) is 3.13. The van der Waals surface area contributed by atoms with Gasteiger partial charge in [0.05, 0.1) is 17.3 Å². The van der Waals surface area contributed by atoms with Gasteiger partial charge in [0.25, 0.3) is 5.82 Å². The first kappa shape index (κ1) is 17.2. The molecule has 0 spiro atoms. The molecule has 0 atom stereocenters. The number of aromatic nitrogens is 5. The van der Waals surface area contributed by atoms with Gasteiger partial charge in [-0.3, -0.25) is 4.98 Å². The van der Waals surface area contributed by atoms with Crippen molar-refractivity contribution in [2.75, 3.05) is 0 Å². The summed E-state index contributed by atoms with van der Waals surface area (Å²) >= 11 is 5.60. The second-order valence-electron chi connectivity index (χ2n) is 4.87. The van der Waals surface area contributed by atoms with Crippen LogP contribution in [0.3, 0.4) is 0 Å². The van der Waals surface area contributed by atoms with Crippen molar-refractivity contribution in [3.63, 3.8) is 0 Å². The molecule has 3 heterocycles. The van der Waals surface area contributed by atoms with Gasteiger partial charge in [0.1, 0.15) is 5.82 Å². The molecule has 0 N–H and O–H groups in total. The molecule has 130 valence electrons. The average molecular weight is 376 g/mol. The van der Waals surface area contributed by atoms with Crippen molar-refractivity contribution in [3.05, 3.63) is 58.9 Å². The van der Waals surface area contributed by atoms with E-state index in [2.05, 4.69) is 20.1 Å². The minimum atomic E-state index is -4.81. The first-order valence-electron chi connectivity index (χ1n) is 6.68. The third-order valence-electron chi connectivity index (χ3n) is 3.09. The highest BCUT2D eigenvalue weighted by Gasteiger charge is 2.37. The maximum atomic E-state index is 13.9. The summed E-state index contributed by atoms with van der Waals surface area (Å²) in [5, 5.41) is 3.40. The van der Waals surface area contributed by atoms with Crippen molar-refractivity contribution in [2.24, 2.45) is 0 Å². The van der Waals surface area contributed by atoms with Gasteiger partial charge < -0.3 is 0 Å². The lowest BCUT2D eigenvalue weighted by Crippen LogP contribution is -2.11. The predicted molar refractivity (Wildman–Crippen MR) is 76.5 cm³/mol. The second kappa shape index (κ2) is 6.36. The highest BCUT2D eigenvalue weighted by atomic mass is 35.5. The summed E-state index contributed by atoms with van der Waals surface area (Å²) in [6.45, 7) is -0.432. The molecule has 0 aliphatic carbocycles. The molecule has 0 aliphatic rings. The monoisotopic (exact) mass is 375 g/mol. The lowest BCUT2D eigenvalue weighted by molar-refractivity contribution is -0.144. The zero-order chi connectivity index (χ0) is 18.2. The maximum Gasteiger partial charge on any atom is 0.453 e. The summed E-state index contributed by atoms with van der Waals surface area (Å²) in [4.78, 5) is 10.5. The van der Waals surface area contributed by atoms with Gasteiger partial charge in [-0.1, -0.05) is 11.6 Å². The third kappa shape index (κ3) is 3.73. The van der Waals surface area contributed by atoms with E-state index in [1.54, 1.807) is 0 Å².